The van der Waals surface area contributed by atoms with E-state index < -0.39 is 5.97 Å². The van der Waals surface area contributed by atoms with Crippen molar-refractivity contribution < 1.29 is 18.8 Å². The van der Waals surface area contributed by atoms with Crippen LogP contribution < -0.4 is 4.74 Å². The standard InChI is InChI=1S/C16H14N2O4/c1-9-14-12(16(19)21-3)8-13(17-15(14)22-18-9)10-4-6-11(20-2)7-5-10/h4-8H,1-3H3. The summed E-state index contributed by atoms with van der Waals surface area (Å²) in [4.78, 5) is 16.4. The molecule has 0 spiro atoms. The Balaban J connectivity index is 2.19. The average Bonchev–Trinajstić information content (AvgIpc) is 2.94. The number of carbonyl (C=O) groups is 1. The molecule has 6 nitrogen and oxygen atoms in total. The summed E-state index contributed by atoms with van der Waals surface area (Å²) in [7, 11) is 2.94. The van der Waals surface area contributed by atoms with Crippen LogP contribution in [0.15, 0.2) is 34.9 Å². The van der Waals surface area contributed by atoms with Crippen LogP contribution in [0, 0.1) is 6.92 Å². The van der Waals surface area contributed by atoms with E-state index in [1.807, 2.05) is 24.3 Å². The van der Waals surface area contributed by atoms with Crippen LogP contribution in [0.5, 0.6) is 5.75 Å². The van der Waals surface area contributed by atoms with Crippen molar-refractivity contribution in [2.24, 2.45) is 0 Å². The van der Waals surface area contributed by atoms with E-state index in [1.165, 1.54) is 7.11 Å². The van der Waals surface area contributed by atoms with E-state index in [9.17, 15) is 4.79 Å². The second-order valence-corrected chi connectivity index (χ2v) is 4.72. The van der Waals surface area contributed by atoms with Crippen LogP contribution in [0.25, 0.3) is 22.4 Å². The summed E-state index contributed by atoms with van der Waals surface area (Å²) < 4.78 is 15.2. The summed E-state index contributed by atoms with van der Waals surface area (Å²) in [5, 5.41) is 4.44. The summed E-state index contributed by atoms with van der Waals surface area (Å²) in [6.07, 6.45) is 0. The summed E-state index contributed by atoms with van der Waals surface area (Å²) >= 11 is 0. The number of aryl methyl sites for hydroxylation is 1. The van der Waals surface area contributed by atoms with Crippen LogP contribution in [0.2, 0.25) is 0 Å². The average molecular weight is 298 g/mol. The number of hydrogen-bond acceptors (Lipinski definition) is 6. The molecule has 0 saturated carbocycles. The lowest BCUT2D eigenvalue weighted by atomic mass is 10.1. The highest BCUT2D eigenvalue weighted by atomic mass is 16.5. The van der Waals surface area contributed by atoms with Crippen LogP contribution in [0.3, 0.4) is 0 Å². The fourth-order valence-electron chi connectivity index (χ4n) is 2.28. The van der Waals surface area contributed by atoms with Crippen LogP contribution in [-0.4, -0.2) is 30.3 Å². The highest BCUT2D eigenvalue weighted by molar-refractivity contribution is 6.04. The first-order valence-electron chi connectivity index (χ1n) is 6.64. The number of aromatic nitrogens is 2. The number of pyridine rings is 1. The predicted molar refractivity (Wildman–Crippen MR) is 79.9 cm³/mol. The van der Waals surface area contributed by atoms with Gasteiger partial charge in [-0.1, -0.05) is 5.16 Å². The number of carbonyl (C=O) groups excluding carboxylic acids is 1. The van der Waals surface area contributed by atoms with Crippen molar-refractivity contribution >= 4 is 17.1 Å². The number of methoxy groups -OCH3 is 2. The number of hydrogen-bond donors (Lipinski definition) is 0. The van der Waals surface area contributed by atoms with Gasteiger partial charge in [0.05, 0.1) is 36.6 Å². The lowest BCUT2D eigenvalue weighted by molar-refractivity contribution is 0.0603. The first kappa shape index (κ1) is 14.1. The van der Waals surface area contributed by atoms with Gasteiger partial charge in [-0.3, -0.25) is 0 Å². The van der Waals surface area contributed by atoms with E-state index in [1.54, 1.807) is 20.1 Å². The van der Waals surface area contributed by atoms with Crippen LogP contribution >= 0.6 is 0 Å². The Morgan fingerprint density at radius 3 is 2.55 bits per heavy atom. The topological polar surface area (TPSA) is 74.5 Å². The Hall–Kier alpha value is -2.89. The van der Waals surface area contributed by atoms with E-state index in [2.05, 4.69) is 10.1 Å². The summed E-state index contributed by atoms with van der Waals surface area (Å²) in [5.41, 5.74) is 2.74. The van der Waals surface area contributed by atoms with Gasteiger partial charge in [-0.15, -0.1) is 0 Å². The minimum Gasteiger partial charge on any atom is -0.497 e. The minimum absolute atomic E-state index is 0.311. The summed E-state index contributed by atoms with van der Waals surface area (Å²) in [5.74, 6) is 0.294. The zero-order chi connectivity index (χ0) is 15.7. The second kappa shape index (κ2) is 5.48. The van der Waals surface area contributed by atoms with Crippen molar-refractivity contribution in [3.05, 3.63) is 41.6 Å². The first-order chi connectivity index (χ1) is 10.6. The molecule has 0 N–H and O–H groups in total. The zero-order valence-electron chi connectivity index (χ0n) is 12.4. The number of fused-ring (bicyclic) bond motifs is 1. The first-order valence-corrected chi connectivity index (χ1v) is 6.64. The molecule has 1 aromatic carbocycles. The van der Waals surface area contributed by atoms with Gasteiger partial charge in [-0.05, 0) is 37.3 Å². The molecule has 6 heteroatoms. The molecule has 3 aromatic rings. The number of benzene rings is 1. The van der Waals surface area contributed by atoms with Crippen molar-refractivity contribution in [3.63, 3.8) is 0 Å². The molecule has 0 unspecified atom stereocenters. The van der Waals surface area contributed by atoms with E-state index >= 15 is 0 Å². The third-order valence-corrected chi connectivity index (χ3v) is 3.41. The molecule has 0 fully saturated rings. The van der Waals surface area contributed by atoms with Gasteiger partial charge >= 0.3 is 5.97 Å². The molecule has 0 aliphatic carbocycles. The Kier molecular flexibility index (Phi) is 3.50. The Bertz CT molecular complexity index is 837. The van der Waals surface area contributed by atoms with Gasteiger partial charge in [0.25, 0.3) is 5.71 Å². The molecule has 2 heterocycles. The molecular weight excluding hydrogens is 284 g/mol. The Morgan fingerprint density at radius 2 is 1.91 bits per heavy atom. The van der Waals surface area contributed by atoms with Crippen molar-refractivity contribution in [2.45, 2.75) is 6.92 Å². The molecule has 3 rings (SSSR count). The highest BCUT2D eigenvalue weighted by Gasteiger charge is 2.19. The fourth-order valence-corrected chi connectivity index (χ4v) is 2.28. The highest BCUT2D eigenvalue weighted by Crippen LogP contribution is 2.28. The van der Waals surface area contributed by atoms with Crippen molar-refractivity contribution in [2.75, 3.05) is 14.2 Å². The molecular formula is C16H14N2O4. The largest absolute Gasteiger partial charge is 0.497 e. The van der Waals surface area contributed by atoms with E-state index in [0.29, 0.717) is 28.1 Å². The summed E-state index contributed by atoms with van der Waals surface area (Å²) in [6, 6.07) is 9.05. The van der Waals surface area contributed by atoms with Crippen LogP contribution in [0.4, 0.5) is 0 Å². The van der Waals surface area contributed by atoms with Crippen LogP contribution in [0.1, 0.15) is 16.1 Å². The number of ether oxygens (including phenoxy) is 2. The Labute approximate surface area is 126 Å². The maximum absolute atomic E-state index is 12.0. The maximum atomic E-state index is 12.0. The van der Waals surface area contributed by atoms with E-state index in [-0.39, 0.29) is 0 Å². The molecule has 0 amide bonds. The van der Waals surface area contributed by atoms with Gasteiger partial charge in [-0.2, -0.15) is 0 Å². The number of nitrogens with zero attached hydrogens (tertiary/aromatic N) is 2. The van der Waals surface area contributed by atoms with Crippen molar-refractivity contribution in [1.82, 2.24) is 10.1 Å². The number of rotatable bonds is 3. The quantitative estimate of drug-likeness (QED) is 0.692. The third-order valence-electron chi connectivity index (χ3n) is 3.41. The SMILES string of the molecule is COC(=O)c1cc(-c2ccc(OC)cc2)nc2onc(C)c12. The van der Waals surface area contributed by atoms with Gasteiger partial charge in [0.2, 0.25) is 0 Å². The molecule has 0 aliphatic rings. The van der Waals surface area contributed by atoms with Gasteiger partial charge in [0, 0.05) is 5.56 Å². The van der Waals surface area contributed by atoms with Gasteiger partial charge in [0.1, 0.15) is 5.75 Å². The van der Waals surface area contributed by atoms with Gasteiger partial charge in [-0.25, -0.2) is 9.78 Å². The smallest absolute Gasteiger partial charge is 0.338 e. The molecule has 0 radical (unpaired) electrons. The lowest BCUT2D eigenvalue weighted by Crippen LogP contribution is -2.03. The normalized spacial score (nSPS) is 10.7. The van der Waals surface area contributed by atoms with Crippen molar-refractivity contribution in [3.8, 4) is 17.0 Å². The third kappa shape index (κ3) is 2.28. The van der Waals surface area contributed by atoms with Crippen molar-refractivity contribution in [1.29, 1.82) is 0 Å². The molecule has 0 bridgehead atoms. The summed E-state index contributed by atoms with van der Waals surface area (Å²) in [6.45, 7) is 1.76. The minimum atomic E-state index is -0.450. The molecule has 0 saturated heterocycles. The Morgan fingerprint density at radius 1 is 1.18 bits per heavy atom. The van der Waals surface area contributed by atoms with Crippen LogP contribution in [-0.2, 0) is 4.74 Å². The van der Waals surface area contributed by atoms with E-state index in [4.69, 9.17) is 14.0 Å². The number of esters is 1. The predicted octanol–water partition coefficient (Wildman–Crippen LogP) is 2.99. The maximum Gasteiger partial charge on any atom is 0.338 e. The van der Waals surface area contributed by atoms with Gasteiger partial charge in [0.15, 0.2) is 0 Å². The fraction of sp³-hybridized carbons (Fsp3) is 0.188. The lowest BCUT2D eigenvalue weighted by Gasteiger charge is -2.06. The molecule has 0 atom stereocenters. The molecule has 112 valence electrons. The molecule has 22 heavy (non-hydrogen) atoms. The zero-order valence-corrected chi connectivity index (χ0v) is 12.4. The molecule has 2 aromatic heterocycles. The van der Waals surface area contributed by atoms with E-state index in [0.717, 1.165) is 11.3 Å². The monoisotopic (exact) mass is 298 g/mol. The second-order valence-electron chi connectivity index (χ2n) is 4.72. The molecule has 0 aliphatic heterocycles. The van der Waals surface area contributed by atoms with Gasteiger partial charge < -0.3 is 14.0 Å².